The maximum Gasteiger partial charge on any atom is 0.257 e. The lowest BCUT2D eigenvalue weighted by atomic mass is 10.2. The highest BCUT2D eigenvalue weighted by Gasteiger charge is 2.14. The molecule has 2 aromatic carbocycles. The van der Waals surface area contributed by atoms with Crippen LogP contribution in [0.15, 0.2) is 53.1 Å². The summed E-state index contributed by atoms with van der Waals surface area (Å²) in [5.74, 6) is 0.881. The van der Waals surface area contributed by atoms with Gasteiger partial charge in [0.2, 0.25) is 0 Å². The van der Waals surface area contributed by atoms with Crippen molar-refractivity contribution < 1.29 is 14.1 Å². The minimum Gasteiger partial charge on any atom is -0.496 e. The first-order valence-electron chi connectivity index (χ1n) is 7.17. The van der Waals surface area contributed by atoms with Crippen LogP contribution in [0.3, 0.4) is 0 Å². The second kappa shape index (κ2) is 7.14. The first kappa shape index (κ1) is 16.0. The Labute approximate surface area is 143 Å². The van der Waals surface area contributed by atoms with Gasteiger partial charge in [0.05, 0.1) is 19.2 Å². The Bertz CT molecular complexity index is 849. The molecule has 0 aliphatic carbocycles. The Kier molecular flexibility index (Phi) is 4.77. The predicted molar refractivity (Wildman–Crippen MR) is 88.9 cm³/mol. The molecule has 0 aliphatic rings. The largest absolute Gasteiger partial charge is 0.496 e. The van der Waals surface area contributed by atoms with Gasteiger partial charge in [-0.1, -0.05) is 35.0 Å². The second-order valence-electron chi connectivity index (χ2n) is 4.91. The molecule has 24 heavy (non-hydrogen) atoms. The monoisotopic (exact) mass is 343 g/mol. The maximum atomic E-state index is 12.3. The van der Waals surface area contributed by atoms with Crippen molar-refractivity contribution in [2.24, 2.45) is 0 Å². The summed E-state index contributed by atoms with van der Waals surface area (Å²) in [6.45, 7) is 0.140. The molecule has 0 saturated carbocycles. The number of amides is 1. The molecule has 3 aromatic rings. The number of hydrogen-bond donors (Lipinski definition) is 1. The summed E-state index contributed by atoms with van der Waals surface area (Å²) in [6, 6.07) is 14.2. The molecule has 0 unspecified atom stereocenters. The molecular formula is C17H14ClN3O3. The molecule has 122 valence electrons. The average Bonchev–Trinajstić information content (AvgIpc) is 3.09. The van der Waals surface area contributed by atoms with Crippen molar-refractivity contribution in [2.75, 3.05) is 7.11 Å². The fourth-order valence-corrected chi connectivity index (χ4v) is 2.29. The number of benzene rings is 2. The van der Waals surface area contributed by atoms with Gasteiger partial charge in [-0.25, -0.2) is 0 Å². The SMILES string of the molecule is COc1cc(Cl)ccc1C(=O)NCc1noc(-c2ccccc2)n1. The van der Waals surface area contributed by atoms with Crippen LogP contribution in [0.25, 0.3) is 11.5 Å². The van der Waals surface area contributed by atoms with E-state index >= 15 is 0 Å². The summed E-state index contributed by atoms with van der Waals surface area (Å²) in [6.07, 6.45) is 0. The fourth-order valence-electron chi connectivity index (χ4n) is 2.13. The third-order valence-electron chi connectivity index (χ3n) is 3.30. The Morgan fingerprint density at radius 1 is 1.25 bits per heavy atom. The summed E-state index contributed by atoms with van der Waals surface area (Å²) in [5, 5.41) is 7.08. The van der Waals surface area contributed by atoms with Gasteiger partial charge in [-0.05, 0) is 30.3 Å². The molecule has 7 heteroatoms. The zero-order valence-corrected chi connectivity index (χ0v) is 13.6. The Morgan fingerprint density at radius 2 is 2.04 bits per heavy atom. The van der Waals surface area contributed by atoms with Gasteiger partial charge in [0.25, 0.3) is 11.8 Å². The Hall–Kier alpha value is -2.86. The van der Waals surface area contributed by atoms with Gasteiger partial charge in [0.1, 0.15) is 5.75 Å². The van der Waals surface area contributed by atoms with Crippen molar-refractivity contribution in [2.45, 2.75) is 6.54 Å². The molecule has 0 bridgehead atoms. The van der Waals surface area contributed by atoms with Crippen molar-refractivity contribution in [1.82, 2.24) is 15.5 Å². The highest BCUT2D eigenvalue weighted by Crippen LogP contribution is 2.23. The molecule has 1 heterocycles. The van der Waals surface area contributed by atoms with Crippen molar-refractivity contribution in [3.8, 4) is 17.2 Å². The van der Waals surface area contributed by atoms with E-state index in [0.717, 1.165) is 5.56 Å². The van der Waals surface area contributed by atoms with Gasteiger partial charge in [-0.3, -0.25) is 4.79 Å². The predicted octanol–water partition coefficient (Wildman–Crippen LogP) is 3.33. The van der Waals surface area contributed by atoms with Gasteiger partial charge < -0.3 is 14.6 Å². The van der Waals surface area contributed by atoms with Gasteiger partial charge >= 0.3 is 0 Å². The molecule has 1 aromatic heterocycles. The van der Waals surface area contributed by atoms with Crippen molar-refractivity contribution in [3.05, 3.63) is 64.9 Å². The summed E-state index contributed by atoms with van der Waals surface area (Å²) >= 11 is 5.89. The number of carbonyl (C=O) groups excluding carboxylic acids is 1. The number of aromatic nitrogens is 2. The second-order valence-corrected chi connectivity index (χ2v) is 5.35. The Balaban J connectivity index is 1.68. The first-order valence-corrected chi connectivity index (χ1v) is 7.55. The van der Waals surface area contributed by atoms with Gasteiger partial charge in [0, 0.05) is 10.6 Å². The molecule has 0 atom stereocenters. The molecule has 1 amide bonds. The third kappa shape index (κ3) is 3.55. The summed E-state index contributed by atoms with van der Waals surface area (Å²) in [7, 11) is 1.48. The smallest absolute Gasteiger partial charge is 0.257 e. The number of nitrogens with one attached hydrogen (secondary N) is 1. The van der Waals surface area contributed by atoms with Crippen molar-refractivity contribution in [3.63, 3.8) is 0 Å². The van der Waals surface area contributed by atoms with E-state index in [1.54, 1.807) is 18.2 Å². The number of hydrogen-bond acceptors (Lipinski definition) is 5. The van der Waals surface area contributed by atoms with Crippen LogP contribution < -0.4 is 10.1 Å². The van der Waals surface area contributed by atoms with Gasteiger partial charge in [-0.15, -0.1) is 0 Å². The highest BCUT2D eigenvalue weighted by molar-refractivity contribution is 6.30. The van der Waals surface area contributed by atoms with E-state index < -0.39 is 0 Å². The van der Waals surface area contributed by atoms with Crippen LogP contribution in [0.4, 0.5) is 0 Å². The Morgan fingerprint density at radius 3 is 2.79 bits per heavy atom. The van der Waals surface area contributed by atoms with E-state index in [4.69, 9.17) is 20.9 Å². The minimum atomic E-state index is -0.311. The average molecular weight is 344 g/mol. The minimum absolute atomic E-state index is 0.140. The quantitative estimate of drug-likeness (QED) is 0.768. The molecule has 0 fully saturated rings. The summed E-state index contributed by atoms with van der Waals surface area (Å²) in [4.78, 5) is 16.5. The number of halogens is 1. The van der Waals surface area contributed by atoms with Crippen molar-refractivity contribution in [1.29, 1.82) is 0 Å². The van der Waals surface area contributed by atoms with E-state index in [-0.39, 0.29) is 12.5 Å². The topological polar surface area (TPSA) is 77.2 Å². The van der Waals surface area contributed by atoms with Gasteiger partial charge in [0.15, 0.2) is 5.82 Å². The third-order valence-corrected chi connectivity index (χ3v) is 3.54. The number of rotatable bonds is 5. The van der Waals surface area contributed by atoms with Crippen LogP contribution >= 0.6 is 11.6 Å². The van der Waals surface area contributed by atoms with Crippen LogP contribution in [-0.4, -0.2) is 23.2 Å². The summed E-state index contributed by atoms with van der Waals surface area (Å²) < 4.78 is 10.4. The van der Waals surface area contributed by atoms with E-state index in [1.165, 1.54) is 7.11 Å². The molecule has 6 nitrogen and oxygen atoms in total. The van der Waals surface area contributed by atoms with E-state index in [0.29, 0.717) is 28.1 Å². The van der Waals surface area contributed by atoms with Gasteiger partial charge in [-0.2, -0.15) is 4.98 Å². The van der Waals surface area contributed by atoms with Crippen LogP contribution in [0.1, 0.15) is 16.2 Å². The van der Waals surface area contributed by atoms with Crippen LogP contribution in [0.2, 0.25) is 5.02 Å². The molecule has 0 aliphatic heterocycles. The maximum absolute atomic E-state index is 12.3. The molecule has 1 N–H and O–H groups in total. The zero-order chi connectivity index (χ0) is 16.9. The first-order chi connectivity index (χ1) is 11.7. The van der Waals surface area contributed by atoms with Crippen LogP contribution in [0.5, 0.6) is 5.75 Å². The normalized spacial score (nSPS) is 10.4. The summed E-state index contributed by atoms with van der Waals surface area (Å²) in [5.41, 5.74) is 1.20. The lowest BCUT2D eigenvalue weighted by Crippen LogP contribution is -2.23. The molecular weight excluding hydrogens is 330 g/mol. The number of ether oxygens (including phenoxy) is 1. The van der Waals surface area contributed by atoms with E-state index in [1.807, 2.05) is 30.3 Å². The van der Waals surface area contributed by atoms with E-state index in [2.05, 4.69) is 15.5 Å². The highest BCUT2D eigenvalue weighted by atomic mass is 35.5. The zero-order valence-electron chi connectivity index (χ0n) is 12.8. The van der Waals surface area contributed by atoms with Crippen LogP contribution in [0, 0.1) is 0 Å². The van der Waals surface area contributed by atoms with E-state index in [9.17, 15) is 4.79 Å². The lowest BCUT2D eigenvalue weighted by Gasteiger charge is -2.08. The molecule has 0 radical (unpaired) electrons. The number of methoxy groups -OCH3 is 1. The molecule has 0 saturated heterocycles. The number of carbonyl (C=O) groups is 1. The molecule has 0 spiro atoms. The number of nitrogens with zero attached hydrogens (tertiary/aromatic N) is 2. The standard InChI is InChI=1S/C17H14ClN3O3/c1-23-14-9-12(18)7-8-13(14)16(22)19-10-15-20-17(24-21-15)11-5-3-2-4-6-11/h2-9H,10H2,1H3,(H,19,22). The van der Waals surface area contributed by atoms with Crippen molar-refractivity contribution >= 4 is 17.5 Å². The lowest BCUT2D eigenvalue weighted by molar-refractivity contribution is 0.0946. The van der Waals surface area contributed by atoms with Crippen LogP contribution in [-0.2, 0) is 6.54 Å². The molecule has 3 rings (SSSR count). The fraction of sp³-hybridized carbons (Fsp3) is 0.118.